The van der Waals surface area contributed by atoms with Crippen molar-refractivity contribution in [3.05, 3.63) is 0 Å². The molecule has 0 aliphatic carbocycles. The third kappa shape index (κ3) is 10.2. The molecule has 12 heavy (non-hydrogen) atoms. The van der Waals surface area contributed by atoms with Crippen LogP contribution in [0.1, 0.15) is 46.5 Å². The minimum absolute atomic E-state index is 0.134. The molecule has 0 aromatic heterocycles. The zero-order valence-corrected chi connectivity index (χ0v) is 14.5. The van der Waals surface area contributed by atoms with E-state index in [9.17, 15) is 0 Å². The first-order valence-corrected chi connectivity index (χ1v) is 16.8. The van der Waals surface area contributed by atoms with Crippen LogP contribution in [-0.2, 0) is 0 Å². The number of rotatable bonds is 4. The monoisotopic (exact) mass is 510 g/mol. The molecule has 0 aromatic carbocycles. The predicted octanol–water partition coefficient (Wildman–Crippen LogP) is 1.08. The van der Waals surface area contributed by atoms with Crippen molar-refractivity contribution >= 4 is 37.2 Å². The van der Waals surface area contributed by atoms with Crippen molar-refractivity contribution in [2.24, 2.45) is 5.73 Å². The second-order valence-electron chi connectivity index (χ2n) is 2.87. The van der Waals surface area contributed by atoms with Crippen LogP contribution in [0.3, 0.4) is 0 Å². The molecule has 0 spiro atoms. The molecular weight excluding hydrogens is 491 g/mol. The Morgan fingerprint density at radius 1 is 1.17 bits per heavy atom. The van der Waals surface area contributed by atoms with E-state index in [2.05, 4.69) is 58.0 Å². The van der Waals surface area contributed by atoms with Gasteiger partial charge in [0.25, 0.3) is 0 Å². The standard InChI is InChI=1S/C8H19N.I3/c1-4-7-8(9,5-2)6-3;1-3-2/h4-7,9H2,1-3H3;/q;-1. The van der Waals surface area contributed by atoms with Gasteiger partial charge in [0.2, 0.25) is 0 Å². The summed E-state index contributed by atoms with van der Waals surface area (Å²) in [5, 5.41) is 0. The van der Waals surface area contributed by atoms with Crippen molar-refractivity contribution in [3.8, 4) is 0 Å². The first kappa shape index (κ1) is 16.6. The van der Waals surface area contributed by atoms with Crippen LogP contribution in [-0.4, -0.2) is 5.54 Å². The molecule has 0 heterocycles. The number of halogens is 3. The summed E-state index contributed by atoms with van der Waals surface area (Å²) in [6.07, 6.45) is 4.59. The summed E-state index contributed by atoms with van der Waals surface area (Å²) in [7, 11) is 0. The minimum atomic E-state index is 0.134. The quantitative estimate of drug-likeness (QED) is 0.564. The molecule has 0 rings (SSSR count). The van der Waals surface area contributed by atoms with Crippen molar-refractivity contribution in [3.63, 3.8) is 0 Å². The SMILES string of the molecule is CCCC(N)(CC)CC.I[I-]I. The Kier molecular flexibility index (Phi) is 15.5. The van der Waals surface area contributed by atoms with E-state index in [1.807, 2.05) is 0 Å². The van der Waals surface area contributed by atoms with Gasteiger partial charge in [0, 0.05) is 5.54 Å². The molecule has 0 saturated heterocycles. The summed E-state index contributed by atoms with van der Waals surface area (Å²) < 4.78 is 0. The average Bonchev–Trinajstić information content (AvgIpc) is 2.06. The maximum absolute atomic E-state index is 6.01. The van der Waals surface area contributed by atoms with Gasteiger partial charge in [-0.1, -0.05) is 27.2 Å². The van der Waals surface area contributed by atoms with Gasteiger partial charge < -0.3 is 5.73 Å². The van der Waals surface area contributed by atoms with E-state index in [1.165, 1.54) is 12.8 Å². The summed E-state index contributed by atoms with van der Waals surface area (Å²) >= 11 is 5.30. The molecule has 0 radical (unpaired) electrons. The van der Waals surface area contributed by atoms with Crippen LogP contribution < -0.4 is 19.0 Å². The van der Waals surface area contributed by atoms with Gasteiger partial charge in [-0.15, -0.1) is 0 Å². The van der Waals surface area contributed by atoms with Gasteiger partial charge in [-0.25, -0.2) is 0 Å². The number of hydrogen-bond acceptors (Lipinski definition) is 1. The van der Waals surface area contributed by atoms with Gasteiger partial charge >= 0.3 is 50.5 Å². The van der Waals surface area contributed by atoms with Crippen LogP contribution in [0.4, 0.5) is 0 Å². The first-order valence-electron chi connectivity index (χ1n) is 4.26. The average molecular weight is 510 g/mol. The Morgan fingerprint density at radius 2 is 1.50 bits per heavy atom. The van der Waals surface area contributed by atoms with Crippen LogP contribution in [0.25, 0.3) is 0 Å². The van der Waals surface area contributed by atoms with Crippen LogP contribution >= 0.6 is 37.2 Å². The van der Waals surface area contributed by atoms with Crippen LogP contribution in [0, 0.1) is 0 Å². The third-order valence-electron chi connectivity index (χ3n) is 2.16. The van der Waals surface area contributed by atoms with Crippen LogP contribution in [0.15, 0.2) is 0 Å². The van der Waals surface area contributed by atoms with E-state index in [1.54, 1.807) is 0 Å². The molecule has 0 amide bonds. The molecule has 0 aromatic rings. The van der Waals surface area contributed by atoms with Crippen molar-refractivity contribution in [1.29, 1.82) is 0 Å². The summed E-state index contributed by atoms with van der Waals surface area (Å²) in [5.74, 6) is 0. The summed E-state index contributed by atoms with van der Waals surface area (Å²) in [4.78, 5) is 0. The van der Waals surface area contributed by atoms with E-state index in [-0.39, 0.29) is 5.54 Å². The van der Waals surface area contributed by atoms with Crippen LogP contribution in [0.2, 0.25) is 0 Å². The summed E-state index contributed by atoms with van der Waals surface area (Å²) in [6, 6.07) is 0. The molecule has 0 saturated carbocycles. The van der Waals surface area contributed by atoms with E-state index in [0.717, 1.165) is 12.8 Å². The Labute approximate surface area is 107 Å². The molecule has 0 fully saturated rings. The van der Waals surface area contributed by atoms with Crippen LogP contribution in [0.5, 0.6) is 0 Å². The third-order valence-corrected chi connectivity index (χ3v) is 2.16. The molecule has 0 aliphatic heterocycles. The van der Waals surface area contributed by atoms with Gasteiger partial charge in [0.1, 0.15) is 0 Å². The van der Waals surface area contributed by atoms with Crippen molar-refractivity contribution in [2.45, 2.75) is 52.0 Å². The normalized spacial score (nSPS) is 10.8. The zero-order valence-electron chi connectivity index (χ0n) is 8.04. The van der Waals surface area contributed by atoms with Gasteiger partial charge in [0.05, 0.1) is 0 Å². The number of nitrogens with two attached hydrogens (primary N) is 1. The second-order valence-corrected chi connectivity index (χ2v) is 19.1. The molecule has 0 atom stereocenters. The summed E-state index contributed by atoms with van der Waals surface area (Å²) in [6.45, 7) is 6.52. The Hall–Kier alpha value is 2.15. The Bertz CT molecular complexity index is 84.4. The molecule has 0 unspecified atom stereocenters. The van der Waals surface area contributed by atoms with Gasteiger partial charge in [0.15, 0.2) is 0 Å². The van der Waals surface area contributed by atoms with Gasteiger partial charge in [-0.3, -0.25) is 0 Å². The van der Waals surface area contributed by atoms with Crippen molar-refractivity contribution in [1.82, 2.24) is 0 Å². The van der Waals surface area contributed by atoms with Gasteiger partial charge in [-0.05, 0) is 19.3 Å². The summed E-state index contributed by atoms with van der Waals surface area (Å²) in [5.41, 5.74) is 6.14. The topological polar surface area (TPSA) is 26.0 Å². The Morgan fingerprint density at radius 3 is 1.58 bits per heavy atom. The molecule has 2 N–H and O–H groups in total. The van der Waals surface area contributed by atoms with Crippen molar-refractivity contribution in [2.75, 3.05) is 0 Å². The number of hydrogen-bond donors (Lipinski definition) is 1. The molecule has 78 valence electrons. The van der Waals surface area contributed by atoms with E-state index in [0.29, 0.717) is 13.3 Å². The molecule has 0 aliphatic rings. The van der Waals surface area contributed by atoms with Gasteiger partial charge in [-0.2, -0.15) is 0 Å². The fraction of sp³-hybridized carbons (Fsp3) is 1.00. The zero-order chi connectivity index (χ0) is 10.0. The molecule has 4 heteroatoms. The second kappa shape index (κ2) is 11.2. The van der Waals surface area contributed by atoms with E-state index < -0.39 is 0 Å². The predicted molar refractivity (Wildman–Crippen MR) is 70.4 cm³/mol. The molecule has 0 bridgehead atoms. The molecular formula is C8H19I3N-. The first-order chi connectivity index (χ1) is 5.60. The fourth-order valence-corrected chi connectivity index (χ4v) is 1.10. The Balaban J connectivity index is 0. The van der Waals surface area contributed by atoms with Crippen molar-refractivity contribution < 1.29 is 13.3 Å². The maximum atomic E-state index is 6.01. The van der Waals surface area contributed by atoms with E-state index in [4.69, 9.17) is 5.73 Å². The molecule has 1 nitrogen and oxygen atoms in total. The van der Waals surface area contributed by atoms with E-state index >= 15 is 0 Å². The fourth-order valence-electron chi connectivity index (χ4n) is 1.10.